The average Bonchev–Trinajstić information content (AvgIpc) is 2.77. The van der Waals surface area contributed by atoms with Gasteiger partial charge in [0.15, 0.2) is 5.13 Å². The normalized spacial score (nSPS) is 13.7. The molecule has 110 valence electrons. The van der Waals surface area contributed by atoms with Gasteiger partial charge in [0, 0.05) is 17.0 Å². The van der Waals surface area contributed by atoms with Gasteiger partial charge in [0.05, 0.1) is 17.9 Å². The Morgan fingerprint density at radius 2 is 2.33 bits per heavy atom. The lowest BCUT2D eigenvalue weighted by Crippen LogP contribution is -2.33. The van der Waals surface area contributed by atoms with Crippen molar-refractivity contribution in [1.29, 1.82) is 0 Å². The Hall–Kier alpha value is -2.01. The third-order valence-corrected chi connectivity index (χ3v) is 4.27. The summed E-state index contributed by atoms with van der Waals surface area (Å²) in [6, 6.07) is 6.20. The Labute approximate surface area is 128 Å². The summed E-state index contributed by atoms with van der Waals surface area (Å²) in [5.74, 6) is 0.923. The maximum atomic E-state index is 5.81. The van der Waals surface area contributed by atoms with Crippen molar-refractivity contribution >= 4 is 22.2 Å². The molecule has 0 saturated heterocycles. The molecule has 1 aromatic heterocycles. The third kappa shape index (κ3) is 2.74. The maximum absolute atomic E-state index is 5.81. The predicted molar refractivity (Wildman–Crippen MR) is 89.2 cm³/mol. The van der Waals surface area contributed by atoms with Crippen LogP contribution in [0.1, 0.15) is 11.8 Å². The van der Waals surface area contributed by atoms with Crippen molar-refractivity contribution in [1.82, 2.24) is 4.98 Å². The van der Waals surface area contributed by atoms with Crippen LogP contribution in [-0.2, 0) is 0 Å². The molecule has 2 aromatic rings. The molecule has 0 aliphatic carbocycles. The van der Waals surface area contributed by atoms with Gasteiger partial charge in [0.2, 0.25) is 0 Å². The standard InChI is InChI=1S/C16H19N3OS/c1-10(2)9-19-6-7-20-14-5-4-12(8-13(14)19)15-11(3)21-16(17)18-15/h4-5,8H,1,6-7,9H2,2-3H3,(H2,17,18). The molecule has 2 N–H and O–H groups in total. The molecule has 1 aliphatic heterocycles. The molecule has 0 unspecified atom stereocenters. The molecular formula is C16H19N3OS. The zero-order valence-electron chi connectivity index (χ0n) is 12.3. The van der Waals surface area contributed by atoms with Crippen LogP contribution in [0.2, 0.25) is 0 Å². The lowest BCUT2D eigenvalue weighted by atomic mass is 10.1. The number of rotatable bonds is 3. The second kappa shape index (κ2) is 5.41. The molecule has 0 atom stereocenters. The minimum atomic E-state index is 0.607. The molecule has 5 heteroatoms. The van der Waals surface area contributed by atoms with Crippen molar-refractivity contribution in [3.8, 4) is 17.0 Å². The summed E-state index contributed by atoms with van der Waals surface area (Å²) in [4.78, 5) is 7.87. The first-order valence-corrected chi connectivity index (χ1v) is 7.75. The third-order valence-electron chi connectivity index (χ3n) is 3.47. The minimum Gasteiger partial charge on any atom is -0.490 e. The van der Waals surface area contributed by atoms with Gasteiger partial charge in [0.25, 0.3) is 0 Å². The summed E-state index contributed by atoms with van der Waals surface area (Å²) < 4.78 is 5.75. The number of anilines is 2. The van der Waals surface area contributed by atoms with Gasteiger partial charge >= 0.3 is 0 Å². The molecule has 0 bridgehead atoms. The van der Waals surface area contributed by atoms with Crippen molar-refractivity contribution in [3.05, 3.63) is 35.2 Å². The fourth-order valence-corrected chi connectivity index (χ4v) is 3.31. The fourth-order valence-electron chi connectivity index (χ4n) is 2.59. The van der Waals surface area contributed by atoms with Crippen LogP contribution in [-0.4, -0.2) is 24.7 Å². The molecule has 0 spiro atoms. The summed E-state index contributed by atoms with van der Waals surface area (Å²) in [6.07, 6.45) is 0. The van der Waals surface area contributed by atoms with E-state index in [4.69, 9.17) is 10.5 Å². The van der Waals surface area contributed by atoms with E-state index in [1.807, 2.05) is 26.0 Å². The highest BCUT2D eigenvalue weighted by Crippen LogP contribution is 2.37. The predicted octanol–water partition coefficient (Wildman–Crippen LogP) is 3.48. The van der Waals surface area contributed by atoms with Crippen molar-refractivity contribution in [2.45, 2.75) is 13.8 Å². The first-order chi connectivity index (χ1) is 10.0. The molecule has 0 fully saturated rings. The number of aryl methyl sites for hydroxylation is 1. The number of thiazole rings is 1. The number of nitrogens with two attached hydrogens (primary N) is 1. The smallest absolute Gasteiger partial charge is 0.180 e. The Morgan fingerprint density at radius 1 is 1.52 bits per heavy atom. The van der Waals surface area contributed by atoms with Gasteiger partial charge in [-0.15, -0.1) is 11.3 Å². The van der Waals surface area contributed by atoms with E-state index in [0.717, 1.165) is 46.2 Å². The highest BCUT2D eigenvalue weighted by Gasteiger charge is 2.20. The van der Waals surface area contributed by atoms with Crippen molar-refractivity contribution in [3.63, 3.8) is 0 Å². The van der Waals surface area contributed by atoms with E-state index in [1.54, 1.807) is 0 Å². The second-order valence-corrected chi connectivity index (χ2v) is 6.60. The van der Waals surface area contributed by atoms with E-state index in [0.29, 0.717) is 11.7 Å². The maximum Gasteiger partial charge on any atom is 0.180 e. The van der Waals surface area contributed by atoms with Gasteiger partial charge in [-0.2, -0.15) is 0 Å². The summed E-state index contributed by atoms with van der Waals surface area (Å²) in [6.45, 7) is 10.5. The number of benzene rings is 1. The van der Waals surface area contributed by atoms with E-state index in [9.17, 15) is 0 Å². The minimum absolute atomic E-state index is 0.607. The summed E-state index contributed by atoms with van der Waals surface area (Å²) in [7, 11) is 0. The summed E-state index contributed by atoms with van der Waals surface area (Å²) in [5.41, 5.74) is 10.1. The van der Waals surface area contributed by atoms with Crippen LogP contribution in [0.5, 0.6) is 5.75 Å². The summed E-state index contributed by atoms with van der Waals surface area (Å²) >= 11 is 1.52. The van der Waals surface area contributed by atoms with E-state index >= 15 is 0 Å². The summed E-state index contributed by atoms with van der Waals surface area (Å²) in [5, 5.41) is 0.607. The molecule has 4 nitrogen and oxygen atoms in total. The number of nitrogen functional groups attached to an aromatic ring is 1. The number of aromatic nitrogens is 1. The highest BCUT2D eigenvalue weighted by molar-refractivity contribution is 7.15. The lowest BCUT2D eigenvalue weighted by molar-refractivity contribution is 0.309. The number of hydrogen-bond acceptors (Lipinski definition) is 5. The van der Waals surface area contributed by atoms with Gasteiger partial charge < -0.3 is 15.4 Å². The quantitative estimate of drug-likeness (QED) is 0.882. The topological polar surface area (TPSA) is 51.4 Å². The molecule has 0 saturated carbocycles. The molecule has 3 rings (SSSR count). The van der Waals surface area contributed by atoms with Crippen LogP contribution in [0, 0.1) is 6.92 Å². The van der Waals surface area contributed by atoms with E-state index < -0.39 is 0 Å². The fraction of sp³-hybridized carbons (Fsp3) is 0.312. The van der Waals surface area contributed by atoms with Gasteiger partial charge in [-0.3, -0.25) is 0 Å². The van der Waals surface area contributed by atoms with E-state index in [1.165, 1.54) is 11.3 Å². The van der Waals surface area contributed by atoms with Gasteiger partial charge in [0.1, 0.15) is 12.4 Å². The zero-order valence-corrected chi connectivity index (χ0v) is 13.2. The Bertz CT molecular complexity index is 693. The van der Waals surface area contributed by atoms with Crippen molar-refractivity contribution < 1.29 is 4.74 Å². The zero-order chi connectivity index (χ0) is 15.0. The van der Waals surface area contributed by atoms with Gasteiger partial charge in [-0.25, -0.2) is 4.98 Å². The van der Waals surface area contributed by atoms with Crippen molar-refractivity contribution in [2.24, 2.45) is 0 Å². The number of hydrogen-bond donors (Lipinski definition) is 1. The van der Waals surface area contributed by atoms with Crippen LogP contribution in [0.3, 0.4) is 0 Å². The van der Waals surface area contributed by atoms with Crippen molar-refractivity contribution in [2.75, 3.05) is 30.3 Å². The first-order valence-electron chi connectivity index (χ1n) is 6.94. The van der Waals surface area contributed by atoms with E-state index in [2.05, 4.69) is 22.5 Å². The van der Waals surface area contributed by atoms with Crippen LogP contribution in [0.15, 0.2) is 30.4 Å². The molecule has 1 aliphatic rings. The monoisotopic (exact) mass is 301 g/mol. The number of fused-ring (bicyclic) bond motifs is 1. The van der Waals surface area contributed by atoms with Gasteiger partial charge in [-0.1, -0.05) is 12.2 Å². The molecular weight excluding hydrogens is 282 g/mol. The molecule has 0 radical (unpaired) electrons. The Balaban J connectivity index is 2.02. The average molecular weight is 301 g/mol. The second-order valence-electron chi connectivity index (χ2n) is 5.37. The lowest BCUT2D eigenvalue weighted by Gasteiger charge is -2.31. The SMILES string of the molecule is C=C(C)CN1CCOc2ccc(-c3nc(N)sc3C)cc21. The van der Waals surface area contributed by atoms with Crippen LogP contribution in [0.25, 0.3) is 11.3 Å². The van der Waals surface area contributed by atoms with Gasteiger partial charge in [-0.05, 0) is 32.0 Å². The number of nitrogens with zero attached hydrogens (tertiary/aromatic N) is 2. The van der Waals surface area contributed by atoms with E-state index in [-0.39, 0.29) is 0 Å². The molecule has 21 heavy (non-hydrogen) atoms. The molecule has 1 aromatic carbocycles. The molecule has 2 heterocycles. The van der Waals surface area contributed by atoms with Crippen LogP contribution in [0.4, 0.5) is 10.8 Å². The highest BCUT2D eigenvalue weighted by atomic mass is 32.1. The number of ether oxygens (including phenoxy) is 1. The Morgan fingerprint density at radius 3 is 3.00 bits per heavy atom. The molecule has 0 amide bonds. The van der Waals surface area contributed by atoms with Crippen LogP contribution < -0.4 is 15.4 Å². The Kier molecular flexibility index (Phi) is 3.59. The largest absolute Gasteiger partial charge is 0.490 e. The first kappa shape index (κ1) is 13.9. The van der Waals surface area contributed by atoms with Crippen LogP contribution >= 0.6 is 11.3 Å².